The highest BCUT2D eigenvalue weighted by Gasteiger charge is 2.05. The van der Waals surface area contributed by atoms with E-state index in [1.54, 1.807) is 26.1 Å². The zero-order valence-corrected chi connectivity index (χ0v) is 13.0. The van der Waals surface area contributed by atoms with Crippen molar-refractivity contribution in [3.05, 3.63) is 35.6 Å². The van der Waals surface area contributed by atoms with E-state index >= 15 is 0 Å². The van der Waals surface area contributed by atoms with Crippen LogP contribution in [0.5, 0.6) is 0 Å². The minimum absolute atomic E-state index is 0.0601. The van der Waals surface area contributed by atoms with Crippen molar-refractivity contribution < 1.29 is 12.8 Å². The van der Waals surface area contributed by atoms with Gasteiger partial charge in [-0.25, -0.2) is 17.5 Å². The fourth-order valence-electron chi connectivity index (χ4n) is 1.50. The SMILES string of the molecule is CCS(=O)(=O)NCCNC(=NC)NCc1ccc(F)cc1. The van der Waals surface area contributed by atoms with Crippen molar-refractivity contribution in [2.24, 2.45) is 4.99 Å². The molecule has 0 aliphatic rings. The normalized spacial score (nSPS) is 12.2. The number of sulfonamides is 1. The van der Waals surface area contributed by atoms with Crippen LogP contribution in [0.15, 0.2) is 29.3 Å². The molecule has 118 valence electrons. The highest BCUT2D eigenvalue weighted by Crippen LogP contribution is 2.01. The molecule has 0 bridgehead atoms. The van der Waals surface area contributed by atoms with Gasteiger partial charge < -0.3 is 10.6 Å². The Bertz CT molecular complexity index is 558. The molecule has 1 aromatic carbocycles. The summed E-state index contributed by atoms with van der Waals surface area (Å²) in [5.74, 6) is 0.337. The summed E-state index contributed by atoms with van der Waals surface area (Å²) in [5, 5.41) is 6.04. The molecule has 0 atom stereocenters. The van der Waals surface area contributed by atoms with E-state index < -0.39 is 10.0 Å². The van der Waals surface area contributed by atoms with Gasteiger partial charge in [-0.1, -0.05) is 12.1 Å². The van der Waals surface area contributed by atoms with Crippen LogP contribution in [0, 0.1) is 5.82 Å². The third-order valence-corrected chi connectivity index (χ3v) is 4.12. The second-order valence-electron chi connectivity index (χ2n) is 4.28. The zero-order chi connectivity index (χ0) is 15.7. The lowest BCUT2D eigenvalue weighted by molar-refractivity contribution is 0.581. The average molecular weight is 316 g/mol. The Hall–Kier alpha value is -1.67. The topological polar surface area (TPSA) is 82.6 Å². The maximum Gasteiger partial charge on any atom is 0.211 e. The summed E-state index contributed by atoms with van der Waals surface area (Å²) >= 11 is 0. The van der Waals surface area contributed by atoms with Crippen LogP contribution >= 0.6 is 0 Å². The smallest absolute Gasteiger partial charge is 0.211 e. The van der Waals surface area contributed by atoms with Gasteiger partial charge in [0.25, 0.3) is 0 Å². The van der Waals surface area contributed by atoms with E-state index in [1.165, 1.54) is 12.1 Å². The van der Waals surface area contributed by atoms with Crippen molar-refractivity contribution in [1.82, 2.24) is 15.4 Å². The molecule has 0 amide bonds. The Morgan fingerprint density at radius 2 is 1.86 bits per heavy atom. The van der Waals surface area contributed by atoms with Gasteiger partial charge in [-0.3, -0.25) is 4.99 Å². The Labute approximate surface area is 124 Å². The van der Waals surface area contributed by atoms with Crippen LogP contribution in [-0.4, -0.2) is 40.3 Å². The van der Waals surface area contributed by atoms with Crippen LogP contribution in [0.3, 0.4) is 0 Å². The first kappa shape index (κ1) is 17.4. The largest absolute Gasteiger partial charge is 0.355 e. The second kappa shape index (κ2) is 8.58. The summed E-state index contributed by atoms with van der Waals surface area (Å²) < 4.78 is 37.7. The molecule has 0 fully saturated rings. The number of hydrogen-bond donors (Lipinski definition) is 3. The predicted octanol–water partition coefficient (Wildman–Crippen LogP) is 0.430. The minimum atomic E-state index is -3.17. The number of aliphatic imine (C=N–C) groups is 1. The van der Waals surface area contributed by atoms with Crippen molar-refractivity contribution in [3.8, 4) is 0 Å². The van der Waals surface area contributed by atoms with Crippen LogP contribution in [0.2, 0.25) is 0 Å². The highest BCUT2D eigenvalue weighted by atomic mass is 32.2. The molecule has 0 aliphatic carbocycles. The molecule has 0 radical (unpaired) electrons. The number of guanidine groups is 1. The maximum atomic E-state index is 12.8. The number of nitrogens with one attached hydrogen (secondary N) is 3. The van der Waals surface area contributed by atoms with E-state index in [9.17, 15) is 12.8 Å². The molecular formula is C13H21FN4O2S. The molecule has 0 saturated carbocycles. The quantitative estimate of drug-likeness (QED) is 0.387. The Kier molecular flexibility index (Phi) is 7.10. The number of hydrogen-bond acceptors (Lipinski definition) is 3. The van der Waals surface area contributed by atoms with Gasteiger partial charge in [-0.2, -0.15) is 0 Å². The van der Waals surface area contributed by atoms with Gasteiger partial charge in [0, 0.05) is 26.7 Å². The lowest BCUT2D eigenvalue weighted by Crippen LogP contribution is -2.41. The molecule has 3 N–H and O–H groups in total. The van der Waals surface area contributed by atoms with Crippen molar-refractivity contribution in [1.29, 1.82) is 0 Å². The van der Waals surface area contributed by atoms with E-state index in [0.717, 1.165) is 5.56 Å². The number of nitrogens with zero attached hydrogens (tertiary/aromatic N) is 1. The predicted molar refractivity (Wildman–Crippen MR) is 82.1 cm³/mol. The van der Waals surface area contributed by atoms with E-state index in [0.29, 0.717) is 19.0 Å². The third-order valence-electron chi connectivity index (χ3n) is 2.72. The number of halogens is 1. The van der Waals surface area contributed by atoms with Gasteiger partial charge in [0.15, 0.2) is 5.96 Å². The Morgan fingerprint density at radius 3 is 2.43 bits per heavy atom. The Balaban J connectivity index is 2.31. The maximum absolute atomic E-state index is 12.8. The number of benzene rings is 1. The first-order valence-corrected chi connectivity index (χ1v) is 8.28. The van der Waals surface area contributed by atoms with Crippen LogP contribution in [0.4, 0.5) is 4.39 Å². The molecule has 8 heteroatoms. The minimum Gasteiger partial charge on any atom is -0.355 e. The highest BCUT2D eigenvalue weighted by molar-refractivity contribution is 7.89. The standard InChI is InChI=1S/C13H21FN4O2S/c1-3-21(19,20)18-9-8-16-13(15-2)17-10-11-4-6-12(14)7-5-11/h4-7,18H,3,8-10H2,1-2H3,(H2,15,16,17). The molecular weight excluding hydrogens is 295 g/mol. The van der Waals surface area contributed by atoms with Gasteiger partial charge in [0.05, 0.1) is 5.75 Å². The molecule has 0 aromatic heterocycles. The summed E-state index contributed by atoms with van der Waals surface area (Å²) in [7, 11) is -1.55. The van der Waals surface area contributed by atoms with E-state index in [1.807, 2.05) is 0 Å². The van der Waals surface area contributed by atoms with Crippen LogP contribution in [0.1, 0.15) is 12.5 Å². The lowest BCUT2D eigenvalue weighted by atomic mass is 10.2. The van der Waals surface area contributed by atoms with Gasteiger partial charge in [-0.05, 0) is 24.6 Å². The molecule has 0 saturated heterocycles. The molecule has 1 aromatic rings. The zero-order valence-electron chi connectivity index (χ0n) is 12.2. The molecule has 6 nitrogen and oxygen atoms in total. The van der Waals surface area contributed by atoms with E-state index in [2.05, 4.69) is 20.3 Å². The average Bonchev–Trinajstić information content (AvgIpc) is 2.48. The number of rotatable bonds is 7. The summed E-state index contributed by atoms with van der Waals surface area (Å²) in [4.78, 5) is 4.02. The monoisotopic (exact) mass is 316 g/mol. The molecule has 21 heavy (non-hydrogen) atoms. The van der Waals surface area contributed by atoms with Crippen molar-refractivity contribution in [3.63, 3.8) is 0 Å². The summed E-state index contributed by atoms with van der Waals surface area (Å²) in [6.45, 7) is 2.79. The van der Waals surface area contributed by atoms with Crippen molar-refractivity contribution in [2.45, 2.75) is 13.5 Å². The van der Waals surface area contributed by atoms with Crippen LogP contribution in [0.25, 0.3) is 0 Å². The molecule has 1 rings (SSSR count). The first-order chi connectivity index (χ1) is 9.96. The van der Waals surface area contributed by atoms with Crippen molar-refractivity contribution in [2.75, 3.05) is 25.9 Å². The molecule has 0 unspecified atom stereocenters. The van der Waals surface area contributed by atoms with Gasteiger partial charge in [0.2, 0.25) is 10.0 Å². The summed E-state index contributed by atoms with van der Waals surface area (Å²) in [5.41, 5.74) is 0.922. The van der Waals surface area contributed by atoms with Gasteiger partial charge in [-0.15, -0.1) is 0 Å². The van der Waals surface area contributed by atoms with Crippen LogP contribution < -0.4 is 15.4 Å². The third kappa shape index (κ3) is 7.05. The van der Waals surface area contributed by atoms with Gasteiger partial charge in [0.1, 0.15) is 5.82 Å². The van der Waals surface area contributed by atoms with Gasteiger partial charge >= 0.3 is 0 Å². The lowest BCUT2D eigenvalue weighted by Gasteiger charge is -2.12. The molecule has 0 aliphatic heterocycles. The fourth-order valence-corrected chi connectivity index (χ4v) is 2.12. The summed E-state index contributed by atoms with van der Waals surface area (Å²) in [6, 6.07) is 6.16. The molecule has 0 spiro atoms. The summed E-state index contributed by atoms with van der Waals surface area (Å²) in [6.07, 6.45) is 0. The van der Waals surface area contributed by atoms with E-state index in [-0.39, 0.29) is 18.1 Å². The van der Waals surface area contributed by atoms with Crippen LogP contribution in [-0.2, 0) is 16.6 Å². The van der Waals surface area contributed by atoms with E-state index in [4.69, 9.17) is 0 Å². The molecule has 0 heterocycles. The Morgan fingerprint density at radius 1 is 1.19 bits per heavy atom. The fraction of sp³-hybridized carbons (Fsp3) is 0.462. The van der Waals surface area contributed by atoms with Crippen molar-refractivity contribution >= 4 is 16.0 Å². The first-order valence-electron chi connectivity index (χ1n) is 6.63. The second-order valence-corrected chi connectivity index (χ2v) is 6.37.